The lowest BCUT2D eigenvalue weighted by molar-refractivity contribution is -0.119. The van der Waals surface area contributed by atoms with Gasteiger partial charge in [0.25, 0.3) is 5.91 Å². The quantitative estimate of drug-likeness (QED) is 0.806. The first-order valence-electron chi connectivity index (χ1n) is 6.71. The van der Waals surface area contributed by atoms with Gasteiger partial charge in [-0.2, -0.15) is 0 Å². The molecule has 2 heterocycles. The Kier molecular flexibility index (Phi) is 3.84. The predicted octanol–water partition coefficient (Wildman–Crippen LogP) is 2.73. The summed E-state index contributed by atoms with van der Waals surface area (Å²) in [5.41, 5.74) is 1.76. The maximum atomic E-state index is 13.5. The van der Waals surface area contributed by atoms with Crippen molar-refractivity contribution < 1.29 is 13.9 Å². The number of halogens is 1. The third-order valence-electron chi connectivity index (χ3n) is 3.16. The van der Waals surface area contributed by atoms with Crippen molar-refractivity contribution in [1.29, 1.82) is 0 Å². The van der Waals surface area contributed by atoms with Crippen LogP contribution in [0.5, 0.6) is 0 Å². The Morgan fingerprint density at radius 3 is 2.95 bits per heavy atom. The molecule has 5 nitrogen and oxygen atoms in total. The molecule has 3 rings (SSSR count). The van der Waals surface area contributed by atoms with Gasteiger partial charge in [-0.3, -0.25) is 9.20 Å². The first-order valence-corrected chi connectivity index (χ1v) is 6.71. The van der Waals surface area contributed by atoms with Crippen LogP contribution in [0.4, 0.5) is 10.2 Å². The van der Waals surface area contributed by atoms with Crippen LogP contribution in [0.15, 0.2) is 48.7 Å². The summed E-state index contributed by atoms with van der Waals surface area (Å²) >= 11 is 0. The van der Waals surface area contributed by atoms with Gasteiger partial charge in [0.1, 0.15) is 29.6 Å². The Balaban J connectivity index is 2.14. The van der Waals surface area contributed by atoms with Gasteiger partial charge in [0, 0.05) is 18.9 Å². The fourth-order valence-corrected chi connectivity index (χ4v) is 2.25. The number of benzene rings is 1. The van der Waals surface area contributed by atoms with Crippen LogP contribution in [-0.2, 0) is 9.53 Å². The van der Waals surface area contributed by atoms with Crippen molar-refractivity contribution in [2.24, 2.45) is 0 Å². The zero-order valence-corrected chi connectivity index (χ0v) is 11.9. The summed E-state index contributed by atoms with van der Waals surface area (Å²) in [4.78, 5) is 16.3. The molecule has 1 amide bonds. The number of carbonyl (C=O) groups is 1. The van der Waals surface area contributed by atoms with Crippen LogP contribution in [0.1, 0.15) is 0 Å². The fourth-order valence-electron chi connectivity index (χ4n) is 2.25. The van der Waals surface area contributed by atoms with Crippen molar-refractivity contribution in [3.63, 3.8) is 0 Å². The zero-order valence-electron chi connectivity index (χ0n) is 11.9. The topological polar surface area (TPSA) is 55.6 Å². The summed E-state index contributed by atoms with van der Waals surface area (Å²) in [5.74, 6) is -0.169. The average molecular weight is 299 g/mol. The highest BCUT2D eigenvalue weighted by Crippen LogP contribution is 2.29. The van der Waals surface area contributed by atoms with Crippen molar-refractivity contribution in [2.45, 2.75) is 0 Å². The van der Waals surface area contributed by atoms with E-state index in [4.69, 9.17) is 4.74 Å². The van der Waals surface area contributed by atoms with Gasteiger partial charge in [0.05, 0.1) is 0 Å². The Labute approximate surface area is 126 Å². The molecule has 0 unspecified atom stereocenters. The molecule has 0 fully saturated rings. The summed E-state index contributed by atoms with van der Waals surface area (Å²) in [6, 6.07) is 11.6. The molecule has 1 aromatic carbocycles. The van der Waals surface area contributed by atoms with Gasteiger partial charge >= 0.3 is 0 Å². The van der Waals surface area contributed by atoms with Gasteiger partial charge in [-0.05, 0) is 24.3 Å². The van der Waals surface area contributed by atoms with Crippen LogP contribution in [0, 0.1) is 5.82 Å². The van der Waals surface area contributed by atoms with E-state index >= 15 is 0 Å². The van der Waals surface area contributed by atoms with Crippen molar-refractivity contribution in [3.8, 4) is 11.3 Å². The molecule has 2 aromatic heterocycles. The predicted molar refractivity (Wildman–Crippen MR) is 81.1 cm³/mol. The Bertz CT molecular complexity index is 829. The Morgan fingerprint density at radius 2 is 2.18 bits per heavy atom. The van der Waals surface area contributed by atoms with E-state index in [1.807, 2.05) is 18.2 Å². The highest BCUT2D eigenvalue weighted by atomic mass is 19.1. The minimum absolute atomic E-state index is 0.0668. The minimum atomic E-state index is -0.358. The number of methoxy groups -OCH3 is 1. The van der Waals surface area contributed by atoms with E-state index in [1.54, 1.807) is 22.7 Å². The molecule has 0 saturated carbocycles. The maximum absolute atomic E-state index is 13.5. The van der Waals surface area contributed by atoms with Crippen LogP contribution >= 0.6 is 0 Å². The molecule has 6 heteroatoms. The van der Waals surface area contributed by atoms with Gasteiger partial charge in [-0.1, -0.05) is 18.2 Å². The molecular weight excluding hydrogens is 285 g/mol. The van der Waals surface area contributed by atoms with Crippen LogP contribution in [0.3, 0.4) is 0 Å². The first-order chi connectivity index (χ1) is 10.7. The number of imidazole rings is 1. The van der Waals surface area contributed by atoms with Crippen molar-refractivity contribution >= 4 is 17.4 Å². The highest BCUT2D eigenvalue weighted by Gasteiger charge is 2.16. The molecule has 0 bridgehead atoms. The number of hydrogen-bond acceptors (Lipinski definition) is 3. The lowest BCUT2D eigenvalue weighted by atomic mass is 10.1. The van der Waals surface area contributed by atoms with Gasteiger partial charge in [-0.25, -0.2) is 9.37 Å². The van der Waals surface area contributed by atoms with Crippen LogP contribution in [-0.4, -0.2) is 29.0 Å². The van der Waals surface area contributed by atoms with E-state index in [9.17, 15) is 9.18 Å². The molecule has 0 spiro atoms. The monoisotopic (exact) mass is 299 g/mol. The fraction of sp³-hybridized carbons (Fsp3) is 0.125. The van der Waals surface area contributed by atoms with Crippen LogP contribution in [0.2, 0.25) is 0 Å². The number of nitrogens with zero attached hydrogens (tertiary/aromatic N) is 2. The second-order valence-corrected chi connectivity index (χ2v) is 4.73. The number of amides is 1. The van der Waals surface area contributed by atoms with E-state index in [2.05, 4.69) is 10.3 Å². The number of fused-ring (bicyclic) bond motifs is 1. The summed E-state index contributed by atoms with van der Waals surface area (Å²) in [6.07, 6.45) is 1.79. The van der Waals surface area contributed by atoms with Crippen molar-refractivity contribution in [3.05, 3.63) is 54.5 Å². The van der Waals surface area contributed by atoms with Crippen molar-refractivity contribution in [1.82, 2.24) is 9.38 Å². The molecule has 112 valence electrons. The third-order valence-corrected chi connectivity index (χ3v) is 3.16. The van der Waals surface area contributed by atoms with Crippen LogP contribution in [0.25, 0.3) is 16.9 Å². The normalized spacial score (nSPS) is 10.8. The molecule has 1 N–H and O–H groups in total. The molecule has 0 aliphatic carbocycles. The Morgan fingerprint density at radius 1 is 1.32 bits per heavy atom. The number of aromatic nitrogens is 2. The number of nitrogens with one attached hydrogen (secondary N) is 1. The van der Waals surface area contributed by atoms with E-state index in [-0.39, 0.29) is 18.3 Å². The van der Waals surface area contributed by atoms with E-state index in [1.165, 1.54) is 19.2 Å². The number of carbonyl (C=O) groups excluding carboxylic acids is 1. The molecule has 0 aliphatic heterocycles. The molecular formula is C16H14FN3O2. The number of rotatable bonds is 4. The largest absolute Gasteiger partial charge is 0.375 e. The van der Waals surface area contributed by atoms with Crippen molar-refractivity contribution in [2.75, 3.05) is 19.0 Å². The smallest absolute Gasteiger partial charge is 0.251 e. The number of hydrogen-bond donors (Lipinski definition) is 1. The van der Waals surface area contributed by atoms with Gasteiger partial charge in [0.15, 0.2) is 0 Å². The van der Waals surface area contributed by atoms with Gasteiger partial charge in [-0.15, -0.1) is 0 Å². The second-order valence-electron chi connectivity index (χ2n) is 4.73. The maximum Gasteiger partial charge on any atom is 0.251 e. The minimum Gasteiger partial charge on any atom is -0.375 e. The first kappa shape index (κ1) is 14.2. The van der Waals surface area contributed by atoms with Gasteiger partial charge in [0.2, 0.25) is 0 Å². The Hall–Kier alpha value is -2.73. The molecule has 0 saturated heterocycles. The van der Waals surface area contributed by atoms with E-state index in [0.29, 0.717) is 22.7 Å². The average Bonchev–Trinajstić information content (AvgIpc) is 2.86. The zero-order chi connectivity index (χ0) is 15.5. The summed E-state index contributed by atoms with van der Waals surface area (Å²) < 4.78 is 20.1. The standard InChI is InChI=1S/C16H14FN3O2/c1-22-10-14(21)19-16-15(11-5-4-6-12(17)9-11)18-13-7-2-3-8-20(13)16/h2-9H,10H2,1H3,(H,19,21). The highest BCUT2D eigenvalue weighted by molar-refractivity contribution is 5.95. The summed E-state index contributed by atoms with van der Waals surface area (Å²) in [7, 11) is 1.45. The lowest BCUT2D eigenvalue weighted by Gasteiger charge is -2.07. The summed E-state index contributed by atoms with van der Waals surface area (Å²) in [6.45, 7) is -0.0668. The number of anilines is 1. The van der Waals surface area contributed by atoms with E-state index in [0.717, 1.165) is 0 Å². The third kappa shape index (κ3) is 2.68. The van der Waals surface area contributed by atoms with E-state index < -0.39 is 0 Å². The molecule has 0 aliphatic rings. The molecule has 3 aromatic rings. The number of ether oxygens (including phenoxy) is 1. The second kappa shape index (κ2) is 5.95. The molecule has 22 heavy (non-hydrogen) atoms. The number of pyridine rings is 1. The lowest BCUT2D eigenvalue weighted by Crippen LogP contribution is -2.18. The molecule has 0 atom stereocenters. The van der Waals surface area contributed by atoms with Crippen LogP contribution < -0.4 is 5.32 Å². The molecule has 0 radical (unpaired) electrons. The SMILES string of the molecule is COCC(=O)Nc1c(-c2cccc(F)c2)nc2ccccn12. The summed E-state index contributed by atoms with van der Waals surface area (Å²) in [5, 5.41) is 2.77. The van der Waals surface area contributed by atoms with Gasteiger partial charge < -0.3 is 10.1 Å².